The molecule has 2 aromatic carbocycles. The van der Waals surface area contributed by atoms with Crippen LogP contribution in [0.2, 0.25) is 0 Å². The molecule has 4 heteroatoms. The molecule has 0 aliphatic carbocycles. The quantitative estimate of drug-likeness (QED) is 0.837. The van der Waals surface area contributed by atoms with Crippen LogP contribution in [0.25, 0.3) is 0 Å². The highest BCUT2D eigenvalue weighted by atomic mass is 79.9. The summed E-state index contributed by atoms with van der Waals surface area (Å²) in [4.78, 5) is 0. The largest absolute Gasteiger partial charge is 0.497 e. The Morgan fingerprint density at radius 1 is 1.10 bits per heavy atom. The number of benzene rings is 2. The molecule has 0 saturated carbocycles. The molecule has 2 aromatic rings. The van der Waals surface area contributed by atoms with Gasteiger partial charge in [0.1, 0.15) is 18.1 Å². The first kappa shape index (κ1) is 15.9. The van der Waals surface area contributed by atoms with E-state index in [0.29, 0.717) is 6.61 Å². The summed E-state index contributed by atoms with van der Waals surface area (Å²) in [6.45, 7) is 2.56. The number of nitrogens with two attached hydrogens (primary N) is 1. The van der Waals surface area contributed by atoms with E-state index in [4.69, 9.17) is 15.2 Å². The molecule has 112 valence electrons. The van der Waals surface area contributed by atoms with Gasteiger partial charge in [-0.25, -0.2) is 0 Å². The van der Waals surface area contributed by atoms with Crippen LogP contribution in [0.1, 0.15) is 30.5 Å². The van der Waals surface area contributed by atoms with Crippen molar-refractivity contribution < 1.29 is 9.47 Å². The van der Waals surface area contributed by atoms with Gasteiger partial charge in [0, 0.05) is 16.1 Å². The number of rotatable bonds is 6. The van der Waals surface area contributed by atoms with E-state index in [9.17, 15) is 0 Å². The highest BCUT2D eigenvalue weighted by molar-refractivity contribution is 9.10. The number of halogens is 1. The van der Waals surface area contributed by atoms with Crippen LogP contribution in [-0.2, 0) is 6.61 Å². The molecule has 0 heterocycles. The Morgan fingerprint density at radius 3 is 2.38 bits per heavy atom. The average Bonchev–Trinajstić information content (AvgIpc) is 2.54. The van der Waals surface area contributed by atoms with Crippen molar-refractivity contribution in [3.8, 4) is 11.5 Å². The predicted molar refractivity (Wildman–Crippen MR) is 88.7 cm³/mol. The van der Waals surface area contributed by atoms with Gasteiger partial charge in [0.05, 0.1) is 7.11 Å². The van der Waals surface area contributed by atoms with Gasteiger partial charge in [0.15, 0.2) is 0 Å². The minimum atomic E-state index is 0.0894. The fourth-order valence-electron chi connectivity index (χ4n) is 2.00. The van der Waals surface area contributed by atoms with Crippen LogP contribution < -0.4 is 15.2 Å². The van der Waals surface area contributed by atoms with Gasteiger partial charge in [-0.15, -0.1) is 0 Å². The SMILES string of the molecule is CC[C@@H](N)c1ccc(OCc2cc(OC)ccc2Br)cc1. The molecule has 2 rings (SSSR count). The lowest BCUT2D eigenvalue weighted by molar-refractivity contribution is 0.304. The van der Waals surface area contributed by atoms with Crippen molar-refractivity contribution in [2.45, 2.75) is 26.0 Å². The van der Waals surface area contributed by atoms with Crippen LogP contribution in [0.4, 0.5) is 0 Å². The maximum Gasteiger partial charge on any atom is 0.119 e. The van der Waals surface area contributed by atoms with Crippen molar-refractivity contribution in [2.24, 2.45) is 5.73 Å². The third-order valence-corrected chi connectivity index (χ3v) is 4.17. The molecular formula is C17H20BrNO2. The minimum absolute atomic E-state index is 0.0894. The van der Waals surface area contributed by atoms with Crippen LogP contribution in [0.3, 0.4) is 0 Å². The van der Waals surface area contributed by atoms with E-state index in [0.717, 1.165) is 33.5 Å². The molecule has 0 bridgehead atoms. The number of hydrogen-bond acceptors (Lipinski definition) is 3. The van der Waals surface area contributed by atoms with Gasteiger partial charge in [-0.2, -0.15) is 0 Å². The molecule has 21 heavy (non-hydrogen) atoms. The summed E-state index contributed by atoms with van der Waals surface area (Å²) >= 11 is 3.52. The van der Waals surface area contributed by atoms with E-state index in [1.54, 1.807) is 7.11 Å². The predicted octanol–water partition coefficient (Wildman–Crippen LogP) is 4.45. The first-order valence-corrected chi connectivity index (χ1v) is 7.74. The van der Waals surface area contributed by atoms with E-state index in [1.165, 1.54) is 0 Å². The molecule has 0 aliphatic heterocycles. The average molecular weight is 350 g/mol. The lowest BCUT2D eigenvalue weighted by atomic mass is 10.1. The summed E-state index contributed by atoms with van der Waals surface area (Å²) in [6, 6.07) is 13.9. The van der Waals surface area contributed by atoms with Crippen molar-refractivity contribution in [1.29, 1.82) is 0 Å². The Bertz CT molecular complexity index is 584. The topological polar surface area (TPSA) is 44.5 Å². The van der Waals surface area contributed by atoms with Crippen LogP contribution in [0.5, 0.6) is 11.5 Å². The molecule has 0 spiro atoms. The van der Waals surface area contributed by atoms with Gasteiger partial charge in [-0.05, 0) is 42.3 Å². The fourth-order valence-corrected chi connectivity index (χ4v) is 2.36. The van der Waals surface area contributed by atoms with Gasteiger partial charge < -0.3 is 15.2 Å². The van der Waals surface area contributed by atoms with Crippen molar-refractivity contribution in [2.75, 3.05) is 7.11 Å². The van der Waals surface area contributed by atoms with E-state index in [-0.39, 0.29) is 6.04 Å². The summed E-state index contributed by atoms with van der Waals surface area (Å²) in [5.74, 6) is 1.65. The second kappa shape index (κ2) is 7.48. The van der Waals surface area contributed by atoms with Gasteiger partial charge >= 0.3 is 0 Å². The highest BCUT2D eigenvalue weighted by Gasteiger charge is 2.05. The van der Waals surface area contributed by atoms with E-state index < -0.39 is 0 Å². The zero-order chi connectivity index (χ0) is 15.2. The van der Waals surface area contributed by atoms with E-state index in [1.807, 2.05) is 42.5 Å². The van der Waals surface area contributed by atoms with E-state index >= 15 is 0 Å². The minimum Gasteiger partial charge on any atom is -0.497 e. The highest BCUT2D eigenvalue weighted by Crippen LogP contribution is 2.24. The summed E-state index contributed by atoms with van der Waals surface area (Å²) in [5, 5.41) is 0. The third-order valence-electron chi connectivity index (χ3n) is 3.40. The number of hydrogen-bond donors (Lipinski definition) is 1. The van der Waals surface area contributed by atoms with Crippen LogP contribution in [0.15, 0.2) is 46.9 Å². The molecule has 0 unspecified atom stereocenters. The van der Waals surface area contributed by atoms with Gasteiger partial charge in [-0.1, -0.05) is 35.0 Å². The monoisotopic (exact) mass is 349 g/mol. The number of methoxy groups -OCH3 is 1. The normalized spacial score (nSPS) is 12.0. The fraction of sp³-hybridized carbons (Fsp3) is 0.294. The van der Waals surface area contributed by atoms with Crippen molar-refractivity contribution in [1.82, 2.24) is 0 Å². The molecular weight excluding hydrogens is 330 g/mol. The molecule has 1 atom stereocenters. The smallest absolute Gasteiger partial charge is 0.119 e. The maximum atomic E-state index is 6.00. The summed E-state index contributed by atoms with van der Waals surface area (Å²) in [6.07, 6.45) is 0.928. The van der Waals surface area contributed by atoms with Crippen LogP contribution in [0, 0.1) is 0 Å². The van der Waals surface area contributed by atoms with Crippen LogP contribution in [-0.4, -0.2) is 7.11 Å². The first-order valence-electron chi connectivity index (χ1n) is 6.94. The Morgan fingerprint density at radius 2 is 1.76 bits per heavy atom. The van der Waals surface area contributed by atoms with Crippen molar-refractivity contribution in [3.05, 3.63) is 58.1 Å². The van der Waals surface area contributed by atoms with Crippen molar-refractivity contribution in [3.63, 3.8) is 0 Å². The van der Waals surface area contributed by atoms with Gasteiger partial charge in [-0.3, -0.25) is 0 Å². The first-order chi connectivity index (χ1) is 10.1. The molecule has 0 radical (unpaired) electrons. The van der Waals surface area contributed by atoms with Gasteiger partial charge in [0.25, 0.3) is 0 Å². The maximum absolute atomic E-state index is 6.00. The molecule has 0 fully saturated rings. The third kappa shape index (κ3) is 4.22. The number of ether oxygens (including phenoxy) is 2. The molecule has 0 aliphatic rings. The lowest BCUT2D eigenvalue weighted by Gasteiger charge is -2.12. The lowest BCUT2D eigenvalue weighted by Crippen LogP contribution is -2.08. The van der Waals surface area contributed by atoms with Gasteiger partial charge in [0.2, 0.25) is 0 Å². The zero-order valence-corrected chi connectivity index (χ0v) is 13.9. The molecule has 3 nitrogen and oxygen atoms in total. The van der Waals surface area contributed by atoms with Crippen LogP contribution >= 0.6 is 15.9 Å². The zero-order valence-electron chi connectivity index (χ0n) is 12.3. The summed E-state index contributed by atoms with van der Waals surface area (Å²) in [5.41, 5.74) is 8.18. The molecule has 0 amide bonds. The summed E-state index contributed by atoms with van der Waals surface area (Å²) < 4.78 is 12.0. The Hall–Kier alpha value is -1.52. The van der Waals surface area contributed by atoms with Crippen molar-refractivity contribution >= 4 is 15.9 Å². The standard InChI is InChI=1S/C17H20BrNO2/c1-3-17(19)12-4-6-14(7-5-12)21-11-13-10-15(20-2)8-9-16(13)18/h4-10,17H,3,11,19H2,1-2H3/t17-/m1/s1. The Kier molecular flexibility index (Phi) is 5.65. The Labute approximate surface area is 134 Å². The molecule has 2 N–H and O–H groups in total. The second-order valence-corrected chi connectivity index (χ2v) is 5.68. The van der Waals surface area contributed by atoms with E-state index in [2.05, 4.69) is 22.9 Å². The molecule has 0 saturated heterocycles. The molecule has 0 aromatic heterocycles. The second-order valence-electron chi connectivity index (χ2n) is 4.83. The summed E-state index contributed by atoms with van der Waals surface area (Å²) in [7, 11) is 1.66. The Balaban J connectivity index is 2.03.